The van der Waals surface area contributed by atoms with Crippen molar-refractivity contribution < 1.29 is 9.53 Å². The lowest BCUT2D eigenvalue weighted by molar-refractivity contribution is 0.0289. The molecule has 21 heavy (non-hydrogen) atoms. The van der Waals surface area contributed by atoms with E-state index in [1.54, 1.807) is 4.90 Å². The fourth-order valence-corrected chi connectivity index (χ4v) is 2.31. The number of ether oxygens (including phenoxy) is 1. The van der Waals surface area contributed by atoms with Crippen molar-refractivity contribution in [3.05, 3.63) is 23.9 Å². The van der Waals surface area contributed by atoms with Crippen LogP contribution >= 0.6 is 0 Å². The molecule has 5 nitrogen and oxygen atoms in total. The summed E-state index contributed by atoms with van der Waals surface area (Å²) in [5, 5.41) is 3.33. The first-order valence-electron chi connectivity index (χ1n) is 7.48. The molecule has 1 N–H and O–H groups in total. The first-order valence-corrected chi connectivity index (χ1v) is 7.48. The van der Waals surface area contributed by atoms with Gasteiger partial charge in [-0.05, 0) is 51.7 Å². The predicted octanol–water partition coefficient (Wildman–Crippen LogP) is 3.06. The van der Waals surface area contributed by atoms with Gasteiger partial charge in [0.25, 0.3) is 0 Å². The van der Waals surface area contributed by atoms with Gasteiger partial charge >= 0.3 is 6.09 Å². The molecule has 0 aromatic carbocycles. The molecule has 2 rings (SSSR count). The zero-order valence-corrected chi connectivity index (χ0v) is 13.3. The van der Waals surface area contributed by atoms with Crippen LogP contribution in [0, 0.1) is 12.8 Å². The number of carbonyl (C=O) groups excluding carboxylic acids is 1. The summed E-state index contributed by atoms with van der Waals surface area (Å²) in [6.07, 6.45) is 2.64. The van der Waals surface area contributed by atoms with Gasteiger partial charge in [-0.15, -0.1) is 0 Å². The van der Waals surface area contributed by atoms with Gasteiger partial charge in [0.15, 0.2) is 0 Å². The van der Waals surface area contributed by atoms with Crippen molar-refractivity contribution in [3.8, 4) is 0 Å². The number of hydrogen-bond donors (Lipinski definition) is 1. The van der Waals surface area contributed by atoms with Crippen LogP contribution in [0.3, 0.4) is 0 Å². The smallest absolute Gasteiger partial charge is 0.410 e. The van der Waals surface area contributed by atoms with Crippen LogP contribution in [0.5, 0.6) is 0 Å². The van der Waals surface area contributed by atoms with Gasteiger partial charge in [-0.25, -0.2) is 9.78 Å². The molecule has 1 aliphatic heterocycles. The molecule has 1 atom stereocenters. The Kier molecular flexibility index (Phi) is 4.70. The second-order valence-electron chi connectivity index (χ2n) is 6.68. The maximum absolute atomic E-state index is 12.0. The average molecular weight is 291 g/mol. The molecule has 1 aromatic rings. The quantitative estimate of drug-likeness (QED) is 0.930. The van der Waals surface area contributed by atoms with Crippen LogP contribution in [0.2, 0.25) is 0 Å². The largest absolute Gasteiger partial charge is 0.444 e. The van der Waals surface area contributed by atoms with Crippen LogP contribution in [-0.2, 0) is 4.74 Å². The number of aryl methyl sites for hydroxylation is 1. The van der Waals surface area contributed by atoms with Gasteiger partial charge < -0.3 is 15.0 Å². The van der Waals surface area contributed by atoms with Crippen molar-refractivity contribution >= 4 is 11.9 Å². The molecule has 1 saturated heterocycles. The number of nitrogens with zero attached hydrogens (tertiary/aromatic N) is 2. The zero-order valence-electron chi connectivity index (χ0n) is 13.3. The normalized spacial score (nSPS) is 18.7. The summed E-state index contributed by atoms with van der Waals surface area (Å²) in [7, 11) is 0. The Hall–Kier alpha value is -1.78. The highest BCUT2D eigenvalue weighted by molar-refractivity contribution is 5.68. The Morgan fingerprint density at radius 2 is 2.24 bits per heavy atom. The van der Waals surface area contributed by atoms with E-state index in [4.69, 9.17) is 4.74 Å². The number of carbonyl (C=O) groups is 1. The molecule has 1 amide bonds. The van der Waals surface area contributed by atoms with E-state index in [0.717, 1.165) is 37.4 Å². The molecule has 0 saturated carbocycles. The number of rotatable bonds is 3. The molecule has 2 heterocycles. The maximum Gasteiger partial charge on any atom is 0.410 e. The molecule has 1 fully saturated rings. The fraction of sp³-hybridized carbons (Fsp3) is 0.625. The number of likely N-dealkylation sites (tertiary alicyclic amines) is 1. The van der Waals surface area contributed by atoms with Crippen LogP contribution in [0.1, 0.15) is 32.8 Å². The van der Waals surface area contributed by atoms with Crippen LogP contribution in [0.4, 0.5) is 10.6 Å². The summed E-state index contributed by atoms with van der Waals surface area (Å²) in [5.41, 5.74) is 0.719. The molecule has 1 unspecified atom stereocenters. The number of aromatic nitrogens is 1. The number of hydrogen-bond acceptors (Lipinski definition) is 4. The monoisotopic (exact) mass is 291 g/mol. The van der Waals surface area contributed by atoms with Gasteiger partial charge in [-0.3, -0.25) is 0 Å². The van der Waals surface area contributed by atoms with Gasteiger partial charge in [0.05, 0.1) is 0 Å². The van der Waals surface area contributed by atoms with Crippen molar-refractivity contribution in [1.29, 1.82) is 0 Å². The number of nitrogens with one attached hydrogen (secondary N) is 1. The molecule has 5 heteroatoms. The summed E-state index contributed by atoms with van der Waals surface area (Å²) in [5.74, 6) is 1.33. The van der Waals surface area contributed by atoms with Crippen LogP contribution in [0.25, 0.3) is 0 Å². The molecule has 1 aromatic heterocycles. The molecule has 0 radical (unpaired) electrons. The van der Waals surface area contributed by atoms with Crippen LogP contribution in [0.15, 0.2) is 18.3 Å². The molecular weight excluding hydrogens is 266 g/mol. The second-order valence-corrected chi connectivity index (χ2v) is 6.68. The summed E-state index contributed by atoms with van der Waals surface area (Å²) in [4.78, 5) is 18.1. The Balaban J connectivity index is 1.77. The Bertz CT molecular complexity index is 479. The predicted molar refractivity (Wildman–Crippen MR) is 83.4 cm³/mol. The first kappa shape index (κ1) is 15.6. The first-order chi connectivity index (χ1) is 9.83. The van der Waals surface area contributed by atoms with Crippen LogP contribution < -0.4 is 5.32 Å². The molecular formula is C16H25N3O2. The highest BCUT2D eigenvalue weighted by Crippen LogP contribution is 2.20. The highest BCUT2D eigenvalue weighted by atomic mass is 16.6. The van der Waals surface area contributed by atoms with Gasteiger partial charge in [-0.1, -0.05) is 6.07 Å². The lowest BCUT2D eigenvalue weighted by atomic mass is 10.1. The minimum atomic E-state index is -0.431. The Labute approximate surface area is 126 Å². The zero-order chi connectivity index (χ0) is 15.5. The lowest BCUT2D eigenvalue weighted by Gasteiger charge is -2.24. The van der Waals surface area contributed by atoms with Crippen molar-refractivity contribution in [2.75, 3.05) is 25.0 Å². The minimum absolute atomic E-state index is 0.210. The third-order valence-corrected chi connectivity index (χ3v) is 3.42. The highest BCUT2D eigenvalue weighted by Gasteiger charge is 2.29. The van der Waals surface area contributed by atoms with E-state index in [2.05, 4.69) is 10.3 Å². The van der Waals surface area contributed by atoms with E-state index in [0.29, 0.717) is 5.92 Å². The number of anilines is 1. The third-order valence-electron chi connectivity index (χ3n) is 3.42. The second kappa shape index (κ2) is 6.33. The summed E-state index contributed by atoms with van der Waals surface area (Å²) >= 11 is 0. The van der Waals surface area contributed by atoms with Crippen LogP contribution in [-0.4, -0.2) is 41.2 Å². The molecule has 1 aliphatic rings. The van der Waals surface area contributed by atoms with E-state index < -0.39 is 5.60 Å². The Morgan fingerprint density at radius 1 is 1.48 bits per heavy atom. The lowest BCUT2D eigenvalue weighted by Crippen LogP contribution is -2.35. The summed E-state index contributed by atoms with van der Waals surface area (Å²) < 4.78 is 5.40. The standard InChI is InChI=1S/C16H25N3O2/c1-12-5-6-14(17-9-12)18-10-13-7-8-19(11-13)15(20)21-16(2,3)4/h5-6,9,13H,7-8,10-11H2,1-4H3,(H,17,18). The molecule has 0 aliphatic carbocycles. The molecule has 116 valence electrons. The van der Waals surface area contributed by atoms with E-state index in [1.165, 1.54) is 0 Å². The molecule has 0 spiro atoms. The van der Waals surface area contributed by atoms with Gasteiger partial charge in [0, 0.05) is 25.8 Å². The Morgan fingerprint density at radius 3 is 2.86 bits per heavy atom. The van der Waals surface area contributed by atoms with Gasteiger partial charge in [0.2, 0.25) is 0 Å². The minimum Gasteiger partial charge on any atom is -0.444 e. The van der Waals surface area contributed by atoms with E-state index in [-0.39, 0.29) is 6.09 Å². The average Bonchev–Trinajstić information content (AvgIpc) is 2.85. The number of pyridine rings is 1. The van der Waals surface area contributed by atoms with Crippen molar-refractivity contribution in [1.82, 2.24) is 9.88 Å². The fourth-order valence-electron chi connectivity index (χ4n) is 2.31. The molecule has 0 bridgehead atoms. The summed E-state index contributed by atoms with van der Waals surface area (Å²) in [6.45, 7) is 10.0. The van der Waals surface area contributed by atoms with Crippen molar-refractivity contribution in [2.24, 2.45) is 5.92 Å². The van der Waals surface area contributed by atoms with E-state index in [9.17, 15) is 4.79 Å². The van der Waals surface area contributed by atoms with E-state index in [1.807, 2.05) is 46.0 Å². The SMILES string of the molecule is Cc1ccc(NCC2CCN(C(=O)OC(C)(C)C)C2)nc1. The maximum atomic E-state index is 12.0. The van der Waals surface area contributed by atoms with Crippen molar-refractivity contribution in [2.45, 2.75) is 39.7 Å². The van der Waals surface area contributed by atoms with Gasteiger partial charge in [-0.2, -0.15) is 0 Å². The van der Waals surface area contributed by atoms with Crippen molar-refractivity contribution in [3.63, 3.8) is 0 Å². The summed E-state index contributed by atoms with van der Waals surface area (Å²) in [6, 6.07) is 4.02. The number of amides is 1. The third kappa shape index (κ3) is 4.92. The topological polar surface area (TPSA) is 54.5 Å². The van der Waals surface area contributed by atoms with E-state index >= 15 is 0 Å². The van der Waals surface area contributed by atoms with Gasteiger partial charge in [0.1, 0.15) is 11.4 Å².